The van der Waals surface area contributed by atoms with Crippen molar-refractivity contribution < 1.29 is 19.1 Å². The SMILES string of the molecule is CCCNC(=O)CN(C)C(=O)CN1CCN(Cc2ccc(OC)c(OC)c2)CC1. The molecule has 162 valence electrons. The second-order valence-electron chi connectivity index (χ2n) is 7.34. The minimum Gasteiger partial charge on any atom is -0.493 e. The highest BCUT2D eigenvalue weighted by molar-refractivity contribution is 5.85. The van der Waals surface area contributed by atoms with Crippen LogP contribution in [-0.2, 0) is 16.1 Å². The highest BCUT2D eigenvalue weighted by atomic mass is 16.5. The Bertz CT molecular complexity index is 675. The molecule has 8 nitrogen and oxygen atoms in total. The van der Waals surface area contributed by atoms with Gasteiger partial charge in [-0.1, -0.05) is 13.0 Å². The minimum atomic E-state index is -0.109. The maximum atomic E-state index is 12.4. The van der Waals surface area contributed by atoms with E-state index in [1.54, 1.807) is 21.3 Å². The van der Waals surface area contributed by atoms with Gasteiger partial charge in [0.05, 0.1) is 27.3 Å². The molecule has 0 radical (unpaired) electrons. The molecular weight excluding hydrogens is 372 g/mol. The Hall–Kier alpha value is -2.32. The number of methoxy groups -OCH3 is 2. The first-order valence-corrected chi connectivity index (χ1v) is 10.1. The number of benzene rings is 1. The van der Waals surface area contributed by atoms with Crippen molar-refractivity contribution in [2.45, 2.75) is 19.9 Å². The van der Waals surface area contributed by atoms with Crippen molar-refractivity contribution in [1.29, 1.82) is 0 Å². The van der Waals surface area contributed by atoms with E-state index in [4.69, 9.17) is 9.47 Å². The van der Waals surface area contributed by atoms with Crippen molar-refractivity contribution in [3.8, 4) is 11.5 Å². The smallest absolute Gasteiger partial charge is 0.239 e. The molecule has 0 saturated carbocycles. The third kappa shape index (κ3) is 7.21. The summed E-state index contributed by atoms with van der Waals surface area (Å²) >= 11 is 0. The third-order valence-electron chi connectivity index (χ3n) is 5.06. The lowest BCUT2D eigenvalue weighted by Gasteiger charge is -2.35. The third-order valence-corrected chi connectivity index (χ3v) is 5.06. The number of rotatable bonds is 10. The first-order chi connectivity index (χ1) is 14.0. The predicted molar refractivity (Wildman–Crippen MR) is 112 cm³/mol. The number of piperazine rings is 1. The lowest BCUT2D eigenvalue weighted by Crippen LogP contribution is -2.50. The first-order valence-electron chi connectivity index (χ1n) is 10.1. The molecule has 1 heterocycles. The van der Waals surface area contributed by atoms with Crippen LogP contribution in [0.5, 0.6) is 11.5 Å². The molecule has 2 amide bonds. The average molecular weight is 407 g/mol. The summed E-state index contributed by atoms with van der Waals surface area (Å²) in [6.45, 7) is 7.37. The number of likely N-dealkylation sites (N-methyl/N-ethyl adjacent to an activating group) is 1. The van der Waals surface area contributed by atoms with E-state index in [1.807, 2.05) is 19.1 Å². The van der Waals surface area contributed by atoms with E-state index in [9.17, 15) is 9.59 Å². The number of nitrogens with zero attached hydrogens (tertiary/aromatic N) is 3. The fourth-order valence-electron chi connectivity index (χ4n) is 3.28. The number of carbonyl (C=O) groups excluding carboxylic acids is 2. The van der Waals surface area contributed by atoms with Crippen molar-refractivity contribution >= 4 is 11.8 Å². The fraction of sp³-hybridized carbons (Fsp3) is 0.619. The maximum absolute atomic E-state index is 12.4. The van der Waals surface area contributed by atoms with Gasteiger partial charge >= 0.3 is 0 Å². The molecule has 1 aromatic carbocycles. The van der Waals surface area contributed by atoms with Crippen LogP contribution in [0.3, 0.4) is 0 Å². The van der Waals surface area contributed by atoms with E-state index in [0.29, 0.717) is 13.1 Å². The Morgan fingerprint density at radius 1 is 1.07 bits per heavy atom. The van der Waals surface area contributed by atoms with Gasteiger partial charge in [0, 0.05) is 46.3 Å². The van der Waals surface area contributed by atoms with Crippen LogP contribution in [0.2, 0.25) is 0 Å². The van der Waals surface area contributed by atoms with Crippen molar-refractivity contribution in [3.05, 3.63) is 23.8 Å². The van der Waals surface area contributed by atoms with Crippen molar-refractivity contribution in [1.82, 2.24) is 20.0 Å². The van der Waals surface area contributed by atoms with Gasteiger partial charge in [0.15, 0.2) is 11.5 Å². The first kappa shape index (κ1) is 23.0. The van der Waals surface area contributed by atoms with Crippen LogP contribution in [0, 0.1) is 0 Å². The number of hydrogen-bond donors (Lipinski definition) is 1. The summed E-state index contributed by atoms with van der Waals surface area (Å²) in [5.74, 6) is 1.33. The molecule has 1 fully saturated rings. The molecule has 2 rings (SSSR count). The predicted octanol–water partition coefficient (Wildman–Crippen LogP) is 0.806. The summed E-state index contributed by atoms with van der Waals surface area (Å²) in [6, 6.07) is 5.98. The Morgan fingerprint density at radius 3 is 2.34 bits per heavy atom. The quantitative estimate of drug-likeness (QED) is 0.620. The molecule has 0 bridgehead atoms. The minimum absolute atomic E-state index is 0.0232. The zero-order valence-corrected chi connectivity index (χ0v) is 18.1. The highest BCUT2D eigenvalue weighted by Crippen LogP contribution is 2.28. The molecule has 0 aromatic heterocycles. The van der Waals surface area contributed by atoms with Gasteiger partial charge in [-0.25, -0.2) is 0 Å². The number of hydrogen-bond acceptors (Lipinski definition) is 6. The highest BCUT2D eigenvalue weighted by Gasteiger charge is 2.21. The van der Waals surface area contributed by atoms with Gasteiger partial charge < -0.3 is 19.7 Å². The lowest BCUT2D eigenvalue weighted by molar-refractivity contribution is -0.136. The molecule has 1 saturated heterocycles. The van der Waals surface area contributed by atoms with Gasteiger partial charge in [0.1, 0.15) is 0 Å². The summed E-state index contributed by atoms with van der Waals surface area (Å²) < 4.78 is 10.7. The van der Waals surface area contributed by atoms with Crippen LogP contribution < -0.4 is 14.8 Å². The van der Waals surface area contributed by atoms with E-state index in [1.165, 1.54) is 10.5 Å². The zero-order valence-electron chi connectivity index (χ0n) is 18.1. The van der Waals surface area contributed by atoms with Gasteiger partial charge in [0.25, 0.3) is 0 Å². The molecule has 1 aliphatic heterocycles. The summed E-state index contributed by atoms with van der Waals surface area (Å²) in [5, 5.41) is 2.80. The normalized spacial score (nSPS) is 15.0. The Morgan fingerprint density at radius 2 is 1.72 bits per heavy atom. The molecule has 0 unspecified atom stereocenters. The van der Waals surface area contributed by atoms with Gasteiger partial charge in [-0.2, -0.15) is 0 Å². The Labute approximate surface area is 173 Å². The monoisotopic (exact) mass is 406 g/mol. The topological polar surface area (TPSA) is 74.4 Å². The number of ether oxygens (including phenoxy) is 2. The molecular formula is C21H34N4O4. The van der Waals surface area contributed by atoms with Crippen LogP contribution in [0.25, 0.3) is 0 Å². The van der Waals surface area contributed by atoms with E-state index in [-0.39, 0.29) is 18.4 Å². The second kappa shape index (κ2) is 11.6. The molecule has 1 N–H and O–H groups in total. The maximum Gasteiger partial charge on any atom is 0.239 e. The summed E-state index contributed by atoms with van der Waals surface area (Å²) in [4.78, 5) is 30.2. The van der Waals surface area contributed by atoms with Crippen LogP contribution in [0.15, 0.2) is 18.2 Å². The van der Waals surface area contributed by atoms with Crippen LogP contribution in [0.4, 0.5) is 0 Å². The van der Waals surface area contributed by atoms with Gasteiger partial charge in [-0.3, -0.25) is 19.4 Å². The molecule has 29 heavy (non-hydrogen) atoms. The molecule has 1 aromatic rings. The molecule has 0 atom stereocenters. The van der Waals surface area contributed by atoms with Gasteiger partial charge in [0.2, 0.25) is 11.8 Å². The lowest BCUT2D eigenvalue weighted by atomic mass is 10.1. The van der Waals surface area contributed by atoms with Gasteiger partial charge in [-0.15, -0.1) is 0 Å². The number of amides is 2. The van der Waals surface area contributed by atoms with Crippen molar-refractivity contribution in [2.24, 2.45) is 0 Å². The standard InChI is InChI=1S/C21H34N4O4/c1-5-8-22-20(26)15-23(2)21(27)16-25-11-9-24(10-12-25)14-17-6-7-18(28-3)19(13-17)29-4/h6-7,13H,5,8-12,14-16H2,1-4H3,(H,22,26). The second-order valence-corrected chi connectivity index (χ2v) is 7.34. The fourth-order valence-corrected chi connectivity index (χ4v) is 3.28. The van der Waals surface area contributed by atoms with E-state index in [0.717, 1.165) is 50.6 Å². The Balaban J connectivity index is 1.76. The van der Waals surface area contributed by atoms with E-state index < -0.39 is 0 Å². The van der Waals surface area contributed by atoms with E-state index in [2.05, 4.69) is 21.2 Å². The molecule has 8 heteroatoms. The summed E-state index contributed by atoms with van der Waals surface area (Å²) in [5.41, 5.74) is 1.17. The van der Waals surface area contributed by atoms with Crippen molar-refractivity contribution in [3.63, 3.8) is 0 Å². The Kier molecular flexibility index (Phi) is 9.21. The van der Waals surface area contributed by atoms with Crippen molar-refractivity contribution in [2.75, 3.05) is 67.1 Å². The molecule has 1 aliphatic rings. The van der Waals surface area contributed by atoms with Crippen LogP contribution in [-0.4, -0.2) is 93.6 Å². The van der Waals surface area contributed by atoms with Gasteiger partial charge in [-0.05, 0) is 24.1 Å². The van der Waals surface area contributed by atoms with Crippen LogP contribution in [0.1, 0.15) is 18.9 Å². The largest absolute Gasteiger partial charge is 0.493 e. The summed E-state index contributed by atoms with van der Waals surface area (Å²) in [7, 11) is 4.95. The van der Waals surface area contributed by atoms with Crippen LogP contribution >= 0.6 is 0 Å². The van der Waals surface area contributed by atoms with E-state index >= 15 is 0 Å². The zero-order chi connectivity index (χ0) is 21.2. The number of nitrogens with one attached hydrogen (secondary N) is 1. The number of carbonyl (C=O) groups is 2. The molecule has 0 aliphatic carbocycles. The summed E-state index contributed by atoms with van der Waals surface area (Å²) in [6.07, 6.45) is 0.886. The average Bonchev–Trinajstić information content (AvgIpc) is 2.73. The molecule has 0 spiro atoms.